The fraction of sp³-hybridized carbons (Fsp3) is 0.143. The third-order valence-corrected chi connectivity index (χ3v) is 5.06. The molecule has 0 aliphatic heterocycles. The second-order valence-corrected chi connectivity index (χ2v) is 7.49. The molecule has 0 fully saturated rings. The molecule has 1 N–H and O–H groups in total. The average molecular weight is 445 g/mol. The smallest absolute Gasteiger partial charge is 0.269 e. The van der Waals surface area contributed by atoms with E-state index in [4.69, 9.17) is 23.2 Å². The van der Waals surface area contributed by atoms with Gasteiger partial charge >= 0.3 is 0 Å². The summed E-state index contributed by atoms with van der Waals surface area (Å²) in [5, 5.41) is 15.8. The Hall–Kier alpha value is -3.16. The number of aryl methyl sites for hydroxylation is 1. The molecule has 154 valence electrons. The molecule has 7 nitrogen and oxygen atoms in total. The molecular formula is C21H18Cl2N4O3. The van der Waals surface area contributed by atoms with E-state index in [1.807, 2.05) is 30.5 Å². The highest BCUT2D eigenvalue weighted by atomic mass is 35.5. The maximum atomic E-state index is 12.1. The van der Waals surface area contributed by atoms with E-state index < -0.39 is 4.92 Å². The third kappa shape index (κ3) is 4.87. The Bertz CT molecular complexity index is 1140. The summed E-state index contributed by atoms with van der Waals surface area (Å²) in [5.74, 6) is -0.324. The highest BCUT2D eigenvalue weighted by molar-refractivity contribution is 6.35. The van der Waals surface area contributed by atoms with Gasteiger partial charge in [0.1, 0.15) is 0 Å². The lowest BCUT2D eigenvalue weighted by atomic mass is 10.1. The molecule has 0 aliphatic carbocycles. The SMILES string of the molecule is Cc1cc(/C=N\NC(=O)Cc2ccc([N+](=O)[O-])cc2)c(C)n1-c1ccc(Cl)cc1Cl. The summed E-state index contributed by atoms with van der Waals surface area (Å²) in [6, 6.07) is 13.1. The fourth-order valence-corrected chi connectivity index (χ4v) is 3.58. The number of hydrazone groups is 1. The van der Waals surface area contributed by atoms with Crippen molar-refractivity contribution in [3.8, 4) is 5.69 Å². The van der Waals surface area contributed by atoms with Crippen LogP contribution in [0.3, 0.4) is 0 Å². The van der Waals surface area contributed by atoms with Crippen molar-refractivity contribution < 1.29 is 9.72 Å². The first-order chi connectivity index (χ1) is 14.3. The number of rotatable bonds is 6. The van der Waals surface area contributed by atoms with Gasteiger partial charge in [0.2, 0.25) is 5.91 Å². The largest absolute Gasteiger partial charge is 0.316 e. The normalized spacial score (nSPS) is 11.1. The zero-order valence-electron chi connectivity index (χ0n) is 16.2. The number of aromatic nitrogens is 1. The van der Waals surface area contributed by atoms with E-state index in [1.165, 1.54) is 12.1 Å². The van der Waals surface area contributed by atoms with E-state index in [0.29, 0.717) is 15.6 Å². The number of benzene rings is 2. The van der Waals surface area contributed by atoms with Gasteiger partial charge in [0.15, 0.2) is 0 Å². The van der Waals surface area contributed by atoms with Crippen LogP contribution in [0.4, 0.5) is 5.69 Å². The van der Waals surface area contributed by atoms with Gasteiger partial charge < -0.3 is 4.57 Å². The van der Waals surface area contributed by atoms with Crippen molar-refractivity contribution >= 4 is 41.0 Å². The van der Waals surface area contributed by atoms with Gasteiger partial charge in [-0.1, -0.05) is 35.3 Å². The predicted molar refractivity (Wildman–Crippen MR) is 118 cm³/mol. The van der Waals surface area contributed by atoms with Crippen LogP contribution < -0.4 is 5.43 Å². The lowest BCUT2D eigenvalue weighted by molar-refractivity contribution is -0.384. The number of carbonyl (C=O) groups excluding carboxylic acids is 1. The molecule has 0 aliphatic rings. The zero-order valence-corrected chi connectivity index (χ0v) is 17.7. The van der Waals surface area contributed by atoms with Gasteiger partial charge in [-0.3, -0.25) is 14.9 Å². The van der Waals surface area contributed by atoms with Crippen molar-refractivity contribution in [3.05, 3.63) is 91.2 Å². The Kier molecular flexibility index (Phi) is 6.54. The number of hydrogen-bond donors (Lipinski definition) is 1. The summed E-state index contributed by atoms with van der Waals surface area (Å²) >= 11 is 12.3. The fourth-order valence-electron chi connectivity index (χ4n) is 3.09. The lowest BCUT2D eigenvalue weighted by Crippen LogP contribution is -2.19. The number of nitrogens with one attached hydrogen (secondary N) is 1. The molecule has 1 amide bonds. The van der Waals surface area contributed by atoms with Gasteiger partial charge in [-0.05, 0) is 43.7 Å². The zero-order chi connectivity index (χ0) is 21.8. The van der Waals surface area contributed by atoms with Crippen molar-refractivity contribution in [1.29, 1.82) is 0 Å². The molecule has 0 saturated heterocycles. The van der Waals surface area contributed by atoms with E-state index in [-0.39, 0.29) is 18.0 Å². The topological polar surface area (TPSA) is 89.5 Å². The predicted octanol–water partition coefficient (Wildman–Crippen LogP) is 5.00. The second-order valence-electron chi connectivity index (χ2n) is 6.65. The van der Waals surface area contributed by atoms with Crippen molar-refractivity contribution in [2.45, 2.75) is 20.3 Å². The van der Waals surface area contributed by atoms with Crippen molar-refractivity contribution in [2.75, 3.05) is 0 Å². The Morgan fingerprint density at radius 1 is 1.17 bits per heavy atom. The number of carbonyl (C=O) groups is 1. The quantitative estimate of drug-likeness (QED) is 0.329. The number of amides is 1. The molecule has 1 aromatic heterocycles. The first-order valence-corrected chi connectivity index (χ1v) is 9.71. The number of nitro groups is 1. The van der Waals surface area contributed by atoms with Gasteiger partial charge in [0.05, 0.1) is 28.3 Å². The van der Waals surface area contributed by atoms with Gasteiger partial charge in [-0.2, -0.15) is 5.10 Å². The van der Waals surface area contributed by atoms with E-state index in [2.05, 4.69) is 10.5 Å². The number of nitro benzene ring substituents is 1. The van der Waals surface area contributed by atoms with Crippen molar-refractivity contribution in [3.63, 3.8) is 0 Å². The first kappa shape index (κ1) is 21.5. The Balaban J connectivity index is 1.69. The molecule has 1 heterocycles. The molecule has 3 rings (SSSR count). The molecule has 2 aromatic carbocycles. The van der Waals surface area contributed by atoms with E-state index in [9.17, 15) is 14.9 Å². The Morgan fingerprint density at radius 3 is 2.50 bits per heavy atom. The molecule has 0 bridgehead atoms. The highest BCUT2D eigenvalue weighted by Crippen LogP contribution is 2.28. The van der Waals surface area contributed by atoms with E-state index >= 15 is 0 Å². The van der Waals surface area contributed by atoms with Crippen molar-refractivity contribution in [2.24, 2.45) is 5.10 Å². The van der Waals surface area contributed by atoms with Crippen LogP contribution in [-0.4, -0.2) is 21.6 Å². The molecule has 0 radical (unpaired) electrons. The van der Waals surface area contributed by atoms with Crippen molar-refractivity contribution in [1.82, 2.24) is 9.99 Å². The Labute approximate surface area is 183 Å². The van der Waals surface area contributed by atoms with Crippen LogP contribution in [0.25, 0.3) is 5.69 Å². The minimum absolute atomic E-state index is 0.0201. The van der Waals surface area contributed by atoms with Crippen LogP contribution in [0.15, 0.2) is 53.6 Å². The van der Waals surface area contributed by atoms with Crippen LogP contribution >= 0.6 is 23.2 Å². The summed E-state index contributed by atoms with van der Waals surface area (Å²) in [5.41, 5.74) is 6.60. The van der Waals surface area contributed by atoms with Gasteiger partial charge in [0, 0.05) is 34.1 Å². The van der Waals surface area contributed by atoms with E-state index in [1.54, 1.807) is 30.5 Å². The number of halogens is 2. The lowest BCUT2D eigenvalue weighted by Gasteiger charge is -2.11. The minimum atomic E-state index is -0.484. The van der Waals surface area contributed by atoms with Gasteiger partial charge in [-0.15, -0.1) is 0 Å². The van der Waals surface area contributed by atoms with Crippen LogP contribution in [0.2, 0.25) is 10.0 Å². The summed E-state index contributed by atoms with van der Waals surface area (Å²) < 4.78 is 1.98. The highest BCUT2D eigenvalue weighted by Gasteiger charge is 2.13. The van der Waals surface area contributed by atoms with Gasteiger partial charge in [0.25, 0.3) is 5.69 Å². The standard InChI is InChI=1S/C21H18Cl2N4O3/c1-13-9-16(14(2)26(13)20-8-5-17(22)11-19(20)23)12-24-25-21(28)10-15-3-6-18(7-4-15)27(29)30/h3-9,11-12H,10H2,1-2H3,(H,25,28)/b24-12-. The first-order valence-electron chi connectivity index (χ1n) is 8.96. The summed E-state index contributed by atoms with van der Waals surface area (Å²) in [6.45, 7) is 3.88. The summed E-state index contributed by atoms with van der Waals surface area (Å²) in [6.07, 6.45) is 1.63. The molecule has 3 aromatic rings. The molecule has 0 saturated carbocycles. The monoisotopic (exact) mass is 444 g/mol. The maximum absolute atomic E-state index is 12.1. The number of hydrogen-bond acceptors (Lipinski definition) is 4. The molecule has 30 heavy (non-hydrogen) atoms. The molecule has 0 atom stereocenters. The maximum Gasteiger partial charge on any atom is 0.269 e. The average Bonchev–Trinajstić information content (AvgIpc) is 2.96. The molecule has 9 heteroatoms. The molecule has 0 unspecified atom stereocenters. The Morgan fingerprint density at radius 2 is 1.87 bits per heavy atom. The minimum Gasteiger partial charge on any atom is -0.316 e. The number of nitrogens with zero attached hydrogens (tertiary/aromatic N) is 3. The van der Waals surface area contributed by atoms with Gasteiger partial charge in [-0.25, -0.2) is 5.43 Å². The van der Waals surface area contributed by atoms with Crippen LogP contribution in [0.1, 0.15) is 22.5 Å². The van der Waals surface area contributed by atoms with Crippen LogP contribution in [0, 0.1) is 24.0 Å². The number of non-ortho nitro benzene ring substituents is 1. The summed E-state index contributed by atoms with van der Waals surface area (Å²) in [7, 11) is 0. The molecule has 0 spiro atoms. The molecular weight excluding hydrogens is 427 g/mol. The second kappa shape index (κ2) is 9.11. The van der Waals surface area contributed by atoms with E-state index in [0.717, 1.165) is 22.6 Å². The van der Waals surface area contributed by atoms with Crippen LogP contribution in [-0.2, 0) is 11.2 Å². The van der Waals surface area contributed by atoms with Crippen LogP contribution in [0.5, 0.6) is 0 Å². The third-order valence-electron chi connectivity index (χ3n) is 4.53. The summed E-state index contributed by atoms with van der Waals surface area (Å²) in [4.78, 5) is 22.3.